The van der Waals surface area contributed by atoms with Gasteiger partial charge in [0.25, 0.3) is 0 Å². The molecular weight excluding hydrogens is 302 g/mol. The lowest BCUT2D eigenvalue weighted by atomic mass is 9.80. The lowest BCUT2D eigenvalue weighted by Crippen LogP contribution is -2.44. The van der Waals surface area contributed by atoms with Crippen molar-refractivity contribution < 1.29 is 4.74 Å². The van der Waals surface area contributed by atoms with Gasteiger partial charge in [-0.15, -0.1) is 0 Å². The number of likely N-dealkylation sites (tertiary alicyclic amines) is 1. The molecule has 1 heterocycles. The fraction of sp³-hybridized carbons (Fsp3) is 1.00. The zero-order valence-corrected chi connectivity index (χ0v) is 14.7. The average molecular weight is 334 g/mol. The minimum atomic E-state index is 0.488. The van der Waals surface area contributed by atoms with Crippen molar-refractivity contribution >= 4 is 15.9 Å². The molecule has 0 aromatic rings. The smallest absolute Gasteiger partial charge is 0.0599 e. The molecule has 0 unspecified atom stereocenters. The Morgan fingerprint density at radius 3 is 2.11 bits per heavy atom. The molecule has 114 valence electrons. The molecule has 0 radical (unpaired) electrons. The Labute approximate surface area is 128 Å². The molecule has 2 nitrogen and oxygen atoms in total. The Kier molecular flexibility index (Phi) is 8.59. The summed E-state index contributed by atoms with van der Waals surface area (Å²) in [6.45, 7) is 11.3. The van der Waals surface area contributed by atoms with Gasteiger partial charge in [0, 0.05) is 31.6 Å². The summed E-state index contributed by atoms with van der Waals surface area (Å²) >= 11 is 3.79. The zero-order chi connectivity index (χ0) is 14.1. The van der Waals surface area contributed by atoms with Crippen LogP contribution in [0.2, 0.25) is 0 Å². The Morgan fingerprint density at radius 1 is 1.11 bits per heavy atom. The van der Waals surface area contributed by atoms with E-state index in [9.17, 15) is 0 Å². The second kappa shape index (κ2) is 9.36. The molecule has 0 bridgehead atoms. The minimum absolute atomic E-state index is 0.488. The highest BCUT2D eigenvalue weighted by Crippen LogP contribution is 2.34. The molecule has 0 aromatic carbocycles. The maximum absolute atomic E-state index is 5.75. The largest absolute Gasteiger partial charge is 0.378 e. The van der Waals surface area contributed by atoms with Crippen LogP contribution in [0.25, 0.3) is 0 Å². The molecule has 0 atom stereocenters. The summed E-state index contributed by atoms with van der Waals surface area (Å²) in [7, 11) is 0. The summed E-state index contributed by atoms with van der Waals surface area (Å²) in [4.78, 5) is 2.67. The van der Waals surface area contributed by atoms with Crippen molar-refractivity contribution in [3.8, 4) is 0 Å². The van der Waals surface area contributed by atoms with Gasteiger partial charge >= 0.3 is 0 Å². The van der Waals surface area contributed by atoms with Crippen LogP contribution in [0.4, 0.5) is 0 Å². The molecule has 0 saturated carbocycles. The maximum Gasteiger partial charge on any atom is 0.0599 e. The number of halogens is 1. The quantitative estimate of drug-likeness (QED) is 0.577. The fourth-order valence-corrected chi connectivity index (χ4v) is 4.20. The van der Waals surface area contributed by atoms with Gasteiger partial charge in [-0.25, -0.2) is 0 Å². The molecule has 1 aliphatic heterocycles. The molecule has 3 heteroatoms. The summed E-state index contributed by atoms with van der Waals surface area (Å²) < 4.78 is 5.75. The third kappa shape index (κ3) is 5.73. The molecule has 1 rings (SSSR count). The number of piperidine rings is 1. The molecule has 19 heavy (non-hydrogen) atoms. The van der Waals surface area contributed by atoms with Gasteiger partial charge in [-0.3, -0.25) is 0 Å². The maximum atomic E-state index is 5.75. The highest BCUT2D eigenvalue weighted by molar-refractivity contribution is 9.09. The predicted octanol–water partition coefficient (Wildman–Crippen LogP) is 4.47. The van der Waals surface area contributed by atoms with E-state index in [0.29, 0.717) is 11.5 Å². The van der Waals surface area contributed by atoms with Crippen molar-refractivity contribution in [1.29, 1.82) is 0 Å². The standard InChI is InChI=1S/C16H32BrNO/c1-4-9-16(13-17,10-5-2)14-18-11-7-15(8-12-18)19-6-3/h15H,4-14H2,1-3H3. The van der Waals surface area contributed by atoms with E-state index in [0.717, 1.165) is 11.9 Å². The summed E-state index contributed by atoms with van der Waals surface area (Å²) in [6.07, 6.45) is 8.21. The van der Waals surface area contributed by atoms with Crippen molar-refractivity contribution in [3.05, 3.63) is 0 Å². The number of alkyl halides is 1. The summed E-state index contributed by atoms with van der Waals surface area (Å²) in [5.41, 5.74) is 0.488. The van der Waals surface area contributed by atoms with E-state index in [1.807, 2.05) is 0 Å². The second-order valence-electron chi connectivity index (χ2n) is 6.06. The van der Waals surface area contributed by atoms with Crippen LogP contribution < -0.4 is 0 Å². The van der Waals surface area contributed by atoms with Crippen LogP contribution in [0, 0.1) is 5.41 Å². The van der Waals surface area contributed by atoms with Crippen molar-refractivity contribution in [1.82, 2.24) is 4.90 Å². The first-order valence-corrected chi connectivity index (χ1v) is 9.21. The highest BCUT2D eigenvalue weighted by Gasteiger charge is 2.31. The van der Waals surface area contributed by atoms with E-state index >= 15 is 0 Å². The van der Waals surface area contributed by atoms with E-state index in [4.69, 9.17) is 4.74 Å². The second-order valence-corrected chi connectivity index (χ2v) is 6.63. The third-order valence-corrected chi connectivity index (χ3v) is 5.53. The first kappa shape index (κ1) is 17.5. The molecule has 0 amide bonds. The predicted molar refractivity (Wildman–Crippen MR) is 87.1 cm³/mol. The van der Waals surface area contributed by atoms with Crippen LogP contribution in [0.1, 0.15) is 59.3 Å². The van der Waals surface area contributed by atoms with Gasteiger partial charge in [-0.2, -0.15) is 0 Å². The first-order valence-electron chi connectivity index (χ1n) is 8.09. The SMILES string of the molecule is CCCC(CBr)(CCC)CN1CCC(OCC)CC1. The van der Waals surface area contributed by atoms with Crippen molar-refractivity contribution in [3.63, 3.8) is 0 Å². The molecule has 0 aromatic heterocycles. The van der Waals surface area contributed by atoms with Crippen molar-refractivity contribution in [2.75, 3.05) is 31.6 Å². The van der Waals surface area contributed by atoms with E-state index in [1.54, 1.807) is 0 Å². The molecule has 0 spiro atoms. The van der Waals surface area contributed by atoms with Gasteiger partial charge < -0.3 is 9.64 Å². The van der Waals surface area contributed by atoms with Gasteiger partial charge in [0.15, 0.2) is 0 Å². The molecule has 0 N–H and O–H groups in total. The normalized spacial score (nSPS) is 18.9. The van der Waals surface area contributed by atoms with Crippen LogP contribution in [0.15, 0.2) is 0 Å². The Balaban J connectivity index is 2.46. The average Bonchev–Trinajstić information content (AvgIpc) is 2.42. The van der Waals surface area contributed by atoms with Crippen LogP contribution >= 0.6 is 15.9 Å². The fourth-order valence-electron chi connectivity index (χ4n) is 3.46. The van der Waals surface area contributed by atoms with E-state index in [1.165, 1.54) is 58.2 Å². The number of rotatable bonds is 9. The summed E-state index contributed by atoms with van der Waals surface area (Å²) in [5, 5.41) is 1.15. The Morgan fingerprint density at radius 2 is 1.68 bits per heavy atom. The lowest BCUT2D eigenvalue weighted by Gasteiger charge is -2.40. The molecule has 1 fully saturated rings. The van der Waals surface area contributed by atoms with E-state index in [2.05, 4.69) is 41.6 Å². The van der Waals surface area contributed by atoms with Gasteiger partial charge in [0.1, 0.15) is 0 Å². The van der Waals surface area contributed by atoms with Gasteiger partial charge in [-0.1, -0.05) is 42.6 Å². The lowest BCUT2D eigenvalue weighted by molar-refractivity contribution is 0.00411. The van der Waals surface area contributed by atoms with Crippen LogP contribution in [0.3, 0.4) is 0 Å². The summed E-state index contributed by atoms with van der Waals surface area (Å²) in [5.74, 6) is 0. The van der Waals surface area contributed by atoms with Crippen LogP contribution in [-0.4, -0.2) is 42.6 Å². The van der Waals surface area contributed by atoms with Crippen molar-refractivity contribution in [2.45, 2.75) is 65.4 Å². The number of nitrogens with zero attached hydrogens (tertiary/aromatic N) is 1. The Bertz CT molecular complexity index is 221. The first-order chi connectivity index (χ1) is 9.19. The Hall–Kier alpha value is 0.400. The minimum Gasteiger partial charge on any atom is -0.378 e. The molecule has 1 saturated heterocycles. The zero-order valence-electron chi connectivity index (χ0n) is 13.1. The van der Waals surface area contributed by atoms with E-state index in [-0.39, 0.29) is 0 Å². The number of hydrogen-bond acceptors (Lipinski definition) is 2. The monoisotopic (exact) mass is 333 g/mol. The van der Waals surface area contributed by atoms with E-state index < -0.39 is 0 Å². The van der Waals surface area contributed by atoms with Gasteiger partial charge in [0.2, 0.25) is 0 Å². The van der Waals surface area contributed by atoms with Crippen LogP contribution in [0.5, 0.6) is 0 Å². The summed E-state index contributed by atoms with van der Waals surface area (Å²) in [6, 6.07) is 0. The number of ether oxygens (including phenoxy) is 1. The third-order valence-electron chi connectivity index (χ3n) is 4.34. The van der Waals surface area contributed by atoms with Gasteiger partial charge in [-0.05, 0) is 38.0 Å². The highest BCUT2D eigenvalue weighted by atomic mass is 79.9. The molecule has 0 aliphatic carbocycles. The topological polar surface area (TPSA) is 12.5 Å². The number of hydrogen-bond donors (Lipinski definition) is 0. The van der Waals surface area contributed by atoms with Crippen molar-refractivity contribution in [2.24, 2.45) is 5.41 Å². The van der Waals surface area contributed by atoms with Gasteiger partial charge in [0.05, 0.1) is 6.10 Å². The molecular formula is C16H32BrNO. The molecule has 1 aliphatic rings. The van der Waals surface area contributed by atoms with Crippen LogP contribution in [-0.2, 0) is 4.74 Å².